The molecule has 1 aliphatic rings. The summed E-state index contributed by atoms with van der Waals surface area (Å²) in [5.74, 6) is 0.149. The van der Waals surface area contributed by atoms with Crippen molar-refractivity contribution in [3.8, 4) is 0 Å². The summed E-state index contributed by atoms with van der Waals surface area (Å²) in [5.41, 5.74) is 2.29. The minimum atomic E-state index is 0.149. The number of carbonyl (C=O) groups excluding carboxylic acids is 1. The molecule has 0 aromatic heterocycles. The van der Waals surface area contributed by atoms with E-state index in [1.807, 2.05) is 31.2 Å². The van der Waals surface area contributed by atoms with Gasteiger partial charge in [0, 0.05) is 6.54 Å². The van der Waals surface area contributed by atoms with E-state index in [2.05, 4.69) is 0 Å². The first-order valence-electron chi connectivity index (χ1n) is 5.17. The van der Waals surface area contributed by atoms with Gasteiger partial charge in [0.2, 0.25) is 5.91 Å². The number of hydrogen-bond donors (Lipinski definition) is 0. The van der Waals surface area contributed by atoms with E-state index in [0.29, 0.717) is 19.8 Å². The summed E-state index contributed by atoms with van der Waals surface area (Å²) in [5, 5.41) is 0. The van der Waals surface area contributed by atoms with Crippen molar-refractivity contribution < 1.29 is 9.53 Å². The van der Waals surface area contributed by atoms with Crippen molar-refractivity contribution in [2.75, 3.05) is 19.9 Å². The maximum absolute atomic E-state index is 11.7. The van der Waals surface area contributed by atoms with Crippen molar-refractivity contribution >= 4 is 5.91 Å². The minimum Gasteiger partial charge on any atom is -0.359 e. The number of ether oxygens (including phenoxy) is 1. The average molecular weight is 205 g/mol. The van der Waals surface area contributed by atoms with Crippen LogP contribution in [0.25, 0.3) is 0 Å². The van der Waals surface area contributed by atoms with Gasteiger partial charge >= 0.3 is 0 Å². The molecule has 2 rings (SSSR count). The summed E-state index contributed by atoms with van der Waals surface area (Å²) in [7, 11) is 0. The largest absolute Gasteiger partial charge is 0.359 e. The van der Waals surface area contributed by atoms with Crippen molar-refractivity contribution in [3.63, 3.8) is 0 Å². The Morgan fingerprint density at radius 3 is 2.73 bits per heavy atom. The number of benzene rings is 1. The molecule has 80 valence electrons. The highest BCUT2D eigenvalue weighted by Crippen LogP contribution is 2.07. The van der Waals surface area contributed by atoms with Crippen LogP contribution in [0.3, 0.4) is 0 Å². The molecule has 0 unspecified atom stereocenters. The molecule has 15 heavy (non-hydrogen) atoms. The number of rotatable bonds is 2. The monoisotopic (exact) mass is 205 g/mol. The second kappa shape index (κ2) is 4.45. The lowest BCUT2D eigenvalue weighted by Crippen LogP contribution is -2.29. The Kier molecular flexibility index (Phi) is 3.02. The minimum absolute atomic E-state index is 0.149. The molecule has 0 aliphatic carbocycles. The number of carbonyl (C=O) groups is 1. The molecule has 0 bridgehead atoms. The van der Waals surface area contributed by atoms with Gasteiger partial charge in [-0.05, 0) is 12.5 Å². The van der Waals surface area contributed by atoms with Crippen LogP contribution in [0.2, 0.25) is 0 Å². The van der Waals surface area contributed by atoms with Gasteiger partial charge in [0.25, 0.3) is 0 Å². The smallest absolute Gasteiger partial charge is 0.228 e. The zero-order valence-corrected chi connectivity index (χ0v) is 8.90. The molecule has 1 fully saturated rings. The van der Waals surface area contributed by atoms with Gasteiger partial charge in [0.15, 0.2) is 0 Å². The van der Waals surface area contributed by atoms with Gasteiger partial charge in [-0.2, -0.15) is 0 Å². The Morgan fingerprint density at radius 2 is 2.13 bits per heavy atom. The van der Waals surface area contributed by atoms with Crippen LogP contribution in [0.1, 0.15) is 11.1 Å². The molecule has 1 amide bonds. The van der Waals surface area contributed by atoms with Crippen LogP contribution >= 0.6 is 0 Å². The van der Waals surface area contributed by atoms with Gasteiger partial charge in [-0.1, -0.05) is 29.8 Å². The highest BCUT2D eigenvalue weighted by atomic mass is 16.5. The van der Waals surface area contributed by atoms with E-state index in [1.165, 1.54) is 5.56 Å². The van der Waals surface area contributed by atoms with Crippen LogP contribution in [-0.2, 0) is 16.0 Å². The highest BCUT2D eigenvalue weighted by molar-refractivity contribution is 5.78. The van der Waals surface area contributed by atoms with Gasteiger partial charge in [0.1, 0.15) is 6.73 Å². The van der Waals surface area contributed by atoms with Crippen LogP contribution in [0, 0.1) is 6.92 Å². The Bertz CT molecular complexity index is 339. The third-order valence-electron chi connectivity index (χ3n) is 2.58. The van der Waals surface area contributed by atoms with Crippen molar-refractivity contribution in [3.05, 3.63) is 35.4 Å². The van der Waals surface area contributed by atoms with Gasteiger partial charge in [-0.25, -0.2) is 0 Å². The fraction of sp³-hybridized carbons (Fsp3) is 0.417. The molecule has 1 saturated heterocycles. The molecule has 0 N–H and O–H groups in total. The maximum Gasteiger partial charge on any atom is 0.228 e. The third-order valence-corrected chi connectivity index (χ3v) is 2.58. The van der Waals surface area contributed by atoms with Crippen LogP contribution < -0.4 is 0 Å². The zero-order valence-electron chi connectivity index (χ0n) is 8.90. The van der Waals surface area contributed by atoms with Gasteiger partial charge < -0.3 is 9.64 Å². The molecule has 3 heteroatoms. The standard InChI is InChI=1S/C12H15NO2/c1-10-2-4-11(5-3-10)8-12(14)13-6-7-15-9-13/h2-5H,6-9H2,1H3. The summed E-state index contributed by atoms with van der Waals surface area (Å²) in [6.45, 7) is 3.88. The molecular weight excluding hydrogens is 190 g/mol. The summed E-state index contributed by atoms with van der Waals surface area (Å²) >= 11 is 0. The number of hydrogen-bond acceptors (Lipinski definition) is 2. The summed E-state index contributed by atoms with van der Waals surface area (Å²) < 4.78 is 5.14. The molecule has 0 atom stereocenters. The summed E-state index contributed by atoms with van der Waals surface area (Å²) in [6.07, 6.45) is 0.476. The van der Waals surface area contributed by atoms with E-state index in [1.54, 1.807) is 4.90 Å². The lowest BCUT2D eigenvalue weighted by molar-refractivity contribution is -0.130. The van der Waals surface area contributed by atoms with Crippen LogP contribution in [-0.4, -0.2) is 30.7 Å². The van der Waals surface area contributed by atoms with Crippen LogP contribution in [0.4, 0.5) is 0 Å². The van der Waals surface area contributed by atoms with Crippen molar-refractivity contribution in [1.82, 2.24) is 4.90 Å². The maximum atomic E-state index is 11.7. The molecule has 1 aromatic rings. The SMILES string of the molecule is Cc1ccc(CC(=O)N2CCOC2)cc1. The predicted molar refractivity (Wildman–Crippen MR) is 57.4 cm³/mol. The topological polar surface area (TPSA) is 29.5 Å². The molecule has 1 aromatic carbocycles. The second-order valence-electron chi connectivity index (χ2n) is 3.86. The molecule has 1 heterocycles. The second-order valence-corrected chi connectivity index (χ2v) is 3.86. The number of aryl methyl sites for hydroxylation is 1. The molecule has 0 radical (unpaired) electrons. The Morgan fingerprint density at radius 1 is 1.40 bits per heavy atom. The summed E-state index contributed by atoms with van der Waals surface area (Å²) in [4.78, 5) is 13.5. The van der Waals surface area contributed by atoms with Crippen LogP contribution in [0.15, 0.2) is 24.3 Å². The Hall–Kier alpha value is -1.35. The quantitative estimate of drug-likeness (QED) is 0.729. The highest BCUT2D eigenvalue weighted by Gasteiger charge is 2.18. The predicted octanol–water partition coefficient (Wildman–Crippen LogP) is 1.35. The van der Waals surface area contributed by atoms with E-state index in [9.17, 15) is 4.79 Å². The Labute approximate surface area is 89.7 Å². The van der Waals surface area contributed by atoms with Crippen LogP contribution in [0.5, 0.6) is 0 Å². The normalized spacial score (nSPS) is 15.7. The molecular formula is C12H15NO2. The number of nitrogens with zero attached hydrogens (tertiary/aromatic N) is 1. The van der Waals surface area contributed by atoms with Crippen molar-refractivity contribution in [2.45, 2.75) is 13.3 Å². The average Bonchev–Trinajstić information content (AvgIpc) is 2.74. The first kappa shape index (κ1) is 10.2. The van der Waals surface area contributed by atoms with Crippen molar-refractivity contribution in [2.24, 2.45) is 0 Å². The molecule has 0 saturated carbocycles. The van der Waals surface area contributed by atoms with Crippen molar-refractivity contribution in [1.29, 1.82) is 0 Å². The third kappa shape index (κ3) is 2.57. The zero-order chi connectivity index (χ0) is 10.7. The van der Waals surface area contributed by atoms with E-state index < -0.39 is 0 Å². The van der Waals surface area contributed by atoms with E-state index in [-0.39, 0.29) is 5.91 Å². The van der Waals surface area contributed by atoms with E-state index in [0.717, 1.165) is 12.1 Å². The van der Waals surface area contributed by atoms with E-state index in [4.69, 9.17) is 4.74 Å². The first-order valence-corrected chi connectivity index (χ1v) is 5.17. The van der Waals surface area contributed by atoms with Gasteiger partial charge in [-0.15, -0.1) is 0 Å². The van der Waals surface area contributed by atoms with Gasteiger partial charge in [0.05, 0.1) is 13.0 Å². The van der Waals surface area contributed by atoms with E-state index >= 15 is 0 Å². The summed E-state index contributed by atoms with van der Waals surface area (Å²) in [6, 6.07) is 8.07. The lowest BCUT2D eigenvalue weighted by Gasteiger charge is -2.13. The molecule has 3 nitrogen and oxygen atoms in total. The molecule has 1 aliphatic heterocycles. The first-order chi connectivity index (χ1) is 7.25. The number of amides is 1. The van der Waals surface area contributed by atoms with Gasteiger partial charge in [-0.3, -0.25) is 4.79 Å². The Balaban J connectivity index is 1.96. The fourth-order valence-electron chi connectivity index (χ4n) is 1.60. The lowest BCUT2D eigenvalue weighted by atomic mass is 10.1. The fourth-order valence-corrected chi connectivity index (χ4v) is 1.60. The molecule has 0 spiro atoms.